The molecular formula is C25H25N3O2S. The second-order valence-electron chi connectivity index (χ2n) is 7.22. The predicted octanol–water partition coefficient (Wildman–Crippen LogP) is 4.81. The summed E-state index contributed by atoms with van der Waals surface area (Å²) in [4.78, 5) is 17.9. The minimum Gasteiger partial charge on any atom is -0.497 e. The van der Waals surface area contributed by atoms with Crippen molar-refractivity contribution in [2.75, 3.05) is 13.4 Å². The SMILES string of the molecule is COc1ccc(C(NC(=O)Cn2c(CSC)nc3ccccc32)c2ccccc2)cc1. The number of hydrogen-bond donors (Lipinski definition) is 1. The van der Waals surface area contributed by atoms with E-state index in [4.69, 9.17) is 9.72 Å². The van der Waals surface area contributed by atoms with Gasteiger partial charge in [0, 0.05) is 0 Å². The number of carbonyl (C=O) groups is 1. The third-order valence-electron chi connectivity index (χ3n) is 5.20. The van der Waals surface area contributed by atoms with E-state index in [1.165, 1.54) is 0 Å². The zero-order chi connectivity index (χ0) is 21.6. The van der Waals surface area contributed by atoms with E-state index in [0.29, 0.717) is 0 Å². The molecule has 4 aromatic rings. The number of rotatable bonds is 8. The van der Waals surface area contributed by atoms with Gasteiger partial charge in [0.1, 0.15) is 18.1 Å². The van der Waals surface area contributed by atoms with E-state index in [-0.39, 0.29) is 18.5 Å². The highest BCUT2D eigenvalue weighted by Gasteiger charge is 2.19. The van der Waals surface area contributed by atoms with Crippen LogP contribution >= 0.6 is 11.8 Å². The fraction of sp³-hybridized carbons (Fsp3) is 0.200. The first-order valence-electron chi connectivity index (χ1n) is 10.1. The molecule has 4 rings (SSSR count). The van der Waals surface area contributed by atoms with Gasteiger partial charge in [-0.3, -0.25) is 4.79 Å². The molecule has 158 valence electrons. The van der Waals surface area contributed by atoms with Crippen LogP contribution in [-0.4, -0.2) is 28.8 Å². The number of ether oxygens (including phenoxy) is 1. The summed E-state index contributed by atoms with van der Waals surface area (Å²) in [5.41, 5.74) is 3.91. The third kappa shape index (κ3) is 4.75. The van der Waals surface area contributed by atoms with Gasteiger partial charge in [-0.25, -0.2) is 4.98 Å². The van der Waals surface area contributed by atoms with Gasteiger partial charge in [0.15, 0.2) is 0 Å². The number of nitrogens with one attached hydrogen (secondary N) is 1. The van der Waals surface area contributed by atoms with Gasteiger partial charge in [0.2, 0.25) is 5.91 Å². The van der Waals surface area contributed by atoms with E-state index >= 15 is 0 Å². The van der Waals surface area contributed by atoms with E-state index < -0.39 is 0 Å². The van der Waals surface area contributed by atoms with Crippen molar-refractivity contribution in [2.24, 2.45) is 0 Å². The second kappa shape index (κ2) is 9.71. The van der Waals surface area contributed by atoms with Crippen LogP contribution in [0.2, 0.25) is 0 Å². The van der Waals surface area contributed by atoms with Crippen LogP contribution in [0.5, 0.6) is 5.75 Å². The molecule has 1 aromatic heterocycles. The van der Waals surface area contributed by atoms with E-state index in [1.807, 2.05) is 89.7 Å². The molecule has 0 radical (unpaired) electrons. The molecule has 0 aliphatic rings. The Morgan fingerprint density at radius 2 is 1.68 bits per heavy atom. The molecule has 6 heteroatoms. The molecule has 0 fully saturated rings. The summed E-state index contributed by atoms with van der Waals surface area (Å²) in [6, 6.07) is 25.5. The quantitative estimate of drug-likeness (QED) is 0.435. The number of imidazole rings is 1. The molecule has 1 atom stereocenters. The molecule has 1 heterocycles. The van der Waals surface area contributed by atoms with Crippen molar-refractivity contribution >= 4 is 28.7 Å². The largest absolute Gasteiger partial charge is 0.497 e. The van der Waals surface area contributed by atoms with Gasteiger partial charge in [-0.1, -0.05) is 54.6 Å². The number of carbonyl (C=O) groups excluding carboxylic acids is 1. The summed E-state index contributed by atoms with van der Waals surface area (Å²) in [6.45, 7) is 0.218. The molecule has 1 amide bonds. The average Bonchev–Trinajstić information content (AvgIpc) is 3.15. The molecule has 0 saturated heterocycles. The normalized spacial score (nSPS) is 11.9. The van der Waals surface area contributed by atoms with Gasteiger partial charge in [0.25, 0.3) is 0 Å². The predicted molar refractivity (Wildman–Crippen MR) is 126 cm³/mol. The fourth-order valence-electron chi connectivity index (χ4n) is 3.69. The molecule has 0 spiro atoms. The van der Waals surface area contributed by atoms with Crippen molar-refractivity contribution < 1.29 is 9.53 Å². The Hall–Kier alpha value is -3.25. The van der Waals surface area contributed by atoms with Crippen LogP contribution in [0, 0.1) is 0 Å². The molecule has 5 nitrogen and oxygen atoms in total. The summed E-state index contributed by atoms with van der Waals surface area (Å²) < 4.78 is 7.29. The molecule has 31 heavy (non-hydrogen) atoms. The number of benzene rings is 3. The molecule has 1 N–H and O–H groups in total. The Bertz CT molecular complexity index is 1160. The highest BCUT2D eigenvalue weighted by Crippen LogP contribution is 2.25. The molecular weight excluding hydrogens is 406 g/mol. The Morgan fingerprint density at radius 3 is 2.39 bits per heavy atom. The first-order valence-corrected chi connectivity index (χ1v) is 11.5. The van der Waals surface area contributed by atoms with Gasteiger partial charge in [-0.05, 0) is 41.6 Å². The molecule has 0 bridgehead atoms. The summed E-state index contributed by atoms with van der Waals surface area (Å²) in [7, 11) is 1.65. The van der Waals surface area contributed by atoms with Crippen LogP contribution in [0.3, 0.4) is 0 Å². The lowest BCUT2D eigenvalue weighted by Gasteiger charge is -2.21. The summed E-state index contributed by atoms with van der Waals surface area (Å²) in [5, 5.41) is 3.22. The number of thioether (sulfide) groups is 1. The van der Waals surface area contributed by atoms with E-state index in [9.17, 15) is 4.79 Å². The summed E-state index contributed by atoms with van der Waals surface area (Å²) >= 11 is 1.70. The van der Waals surface area contributed by atoms with Crippen LogP contribution in [0.15, 0.2) is 78.9 Å². The van der Waals surface area contributed by atoms with Crippen LogP contribution in [0.25, 0.3) is 11.0 Å². The maximum absolute atomic E-state index is 13.2. The molecule has 1 unspecified atom stereocenters. The Morgan fingerprint density at radius 1 is 1.00 bits per heavy atom. The Labute approximate surface area is 186 Å². The minimum atomic E-state index is -0.251. The second-order valence-corrected chi connectivity index (χ2v) is 8.09. The lowest BCUT2D eigenvalue weighted by Crippen LogP contribution is -2.32. The first kappa shape index (κ1) is 21.0. The summed E-state index contributed by atoms with van der Waals surface area (Å²) in [5.74, 6) is 2.39. The number of aromatic nitrogens is 2. The van der Waals surface area contributed by atoms with Crippen molar-refractivity contribution in [1.29, 1.82) is 0 Å². The maximum atomic E-state index is 13.2. The standard InChI is InChI=1S/C25H25N3O2S/c1-30-20-14-12-19(13-15-20)25(18-8-4-3-5-9-18)27-24(29)16-28-22-11-7-6-10-21(22)26-23(28)17-31-2/h3-15,25H,16-17H2,1-2H3,(H,27,29). The molecule has 3 aromatic carbocycles. The van der Waals surface area contributed by atoms with E-state index in [2.05, 4.69) is 5.32 Å². The monoisotopic (exact) mass is 431 g/mol. The minimum absolute atomic E-state index is 0.0600. The van der Waals surface area contributed by atoms with Crippen molar-refractivity contribution in [2.45, 2.75) is 18.3 Å². The number of para-hydroxylation sites is 2. The zero-order valence-electron chi connectivity index (χ0n) is 17.6. The van der Waals surface area contributed by atoms with Crippen molar-refractivity contribution in [1.82, 2.24) is 14.9 Å². The van der Waals surface area contributed by atoms with Gasteiger partial charge in [0.05, 0.1) is 29.9 Å². The van der Waals surface area contributed by atoms with Gasteiger partial charge in [-0.15, -0.1) is 0 Å². The highest BCUT2D eigenvalue weighted by molar-refractivity contribution is 7.97. The lowest BCUT2D eigenvalue weighted by atomic mass is 9.98. The highest BCUT2D eigenvalue weighted by atomic mass is 32.2. The number of methoxy groups -OCH3 is 1. The van der Waals surface area contributed by atoms with E-state index in [1.54, 1.807) is 18.9 Å². The van der Waals surface area contributed by atoms with Crippen molar-refractivity contribution in [3.8, 4) is 5.75 Å². The van der Waals surface area contributed by atoms with Gasteiger partial charge in [-0.2, -0.15) is 11.8 Å². The summed E-state index contributed by atoms with van der Waals surface area (Å²) in [6.07, 6.45) is 2.04. The number of fused-ring (bicyclic) bond motifs is 1. The molecule has 0 aliphatic carbocycles. The van der Waals surface area contributed by atoms with Crippen molar-refractivity contribution in [3.05, 3.63) is 95.8 Å². The lowest BCUT2D eigenvalue weighted by molar-refractivity contribution is -0.122. The van der Waals surface area contributed by atoms with Gasteiger partial charge < -0.3 is 14.6 Å². The van der Waals surface area contributed by atoms with Crippen LogP contribution in [0.4, 0.5) is 0 Å². The number of amides is 1. The van der Waals surface area contributed by atoms with Crippen LogP contribution in [-0.2, 0) is 17.1 Å². The average molecular weight is 432 g/mol. The topological polar surface area (TPSA) is 56.1 Å². The number of hydrogen-bond acceptors (Lipinski definition) is 4. The fourth-order valence-corrected chi connectivity index (χ4v) is 4.17. The third-order valence-corrected chi connectivity index (χ3v) is 5.74. The molecule has 0 saturated carbocycles. The Balaban J connectivity index is 1.62. The van der Waals surface area contributed by atoms with E-state index in [0.717, 1.165) is 39.5 Å². The Kier molecular flexibility index (Phi) is 6.57. The smallest absolute Gasteiger partial charge is 0.240 e. The van der Waals surface area contributed by atoms with Crippen LogP contribution < -0.4 is 10.1 Å². The van der Waals surface area contributed by atoms with Crippen LogP contribution in [0.1, 0.15) is 23.0 Å². The zero-order valence-corrected chi connectivity index (χ0v) is 18.4. The maximum Gasteiger partial charge on any atom is 0.240 e. The number of nitrogens with zero attached hydrogens (tertiary/aromatic N) is 2. The van der Waals surface area contributed by atoms with Crippen molar-refractivity contribution in [3.63, 3.8) is 0 Å². The first-order chi connectivity index (χ1) is 15.2. The molecule has 0 aliphatic heterocycles. The van der Waals surface area contributed by atoms with Gasteiger partial charge >= 0.3 is 0 Å².